The summed E-state index contributed by atoms with van der Waals surface area (Å²) in [6.07, 6.45) is 1.95. The minimum Gasteiger partial charge on any atom is -0.456 e. The van der Waals surface area contributed by atoms with Gasteiger partial charge in [0, 0.05) is 5.56 Å². The molecule has 0 aromatic heterocycles. The van der Waals surface area contributed by atoms with Crippen molar-refractivity contribution in [3.8, 4) is 11.5 Å². The number of hydrogen-bond acceptors (Lipinski definition) is 2. The molecule has 18 heavy (non-hydrogen) atoms. The largest absolute Gasteiger partial charge is 0.456 e. The first-order chi connectivity index (χ1) is 8.83. The van der Waals surface area contributed by atoms with Gasteiger partial charge < -0.3 is 10.1 Å². The molecule has 0 fully saturated rings. The first-order valence-corrected chi connectivity index (χ1v) is 5.76. The summed E-state index contributed by atoms with van der Waals surface area (Å²) >= 11 is 0. The number of fused-ring (bicyclic) bond motifs is 1. The molecule has 2 aliphatic rings. The lowest BCUT2D eigenvalue weighted by Gasteiger charge is -2.08. The number of carbonyl (C=O) groups is 1. The smallest absolute Gasteiger partial charge is 0.256 e. The summed E-state index contributed by atoms with van der Waals surface area (Å²) in [5.41, 5.74) is 3.32. The summed E-state index contributed by atoms with van der Waals surface area (Å²) in [6, 6.07) is 13.3. The molecule has 0 radical (unpaired) electrons. The highest BCUT2D eigenvalue weighted by molar-refractivity contribution is 6.13. The first kappa shape index (κ1) is 9.48. The molecule has 0 saturated carbocycles. The van der Waals surface area contributed by atoms with Crippen LogP contribution in [-0.4, -0.2) is 5.91 Å². The fourth-order valence-electron chi connectivity index (χ4n) is 2.41. The van der Waals surface area contributed by atoms with E-state index in [1.165, 1.54) is 0 Å². The van der Waals surface area contributed by atoms with E-state index in [0.717, 1.165) is 28.3 Å². The minimum atomic E-state index is -0.0684. The van der Waals surface area contributed by atoms with E-state index in [2.05, 4.69) is 5.32 Å². The minimum absolute atomic E-state index is 0.0684. The van der Waals surface area contributed by atoms with Crippen molar-refractivity contribution in [3.05, 3.63) is 59.2 Å². The lowest BCUT2D eigenvalue weighted by Crippen LogP contribution is -2.11. The van der Waals surface area contributed by atoms with E-state index in [-0.39, 0.29) is 5.91 Å². The maximum Gasteiger partial charge on any atom is 0.256 e. The Hall–Kier alpha value is -2.55. The Bertz CT molecular complexity index is 716. The van der Waals surface area contributed by atoms with Crippen molar-refractivity contribution < 1.29 is 9.53 Å². The Morgan fingerprint density at radius 2 is 1.78 bits per heavy atom. The fourth-order valence-corrected chi connectivity index (χ4v) is 2.41. The Balaban J connectivity index is 2.06. The lowest BCUT2D eigenvalue weighted by atomic mass is 10.1. The second-order valence-corrected chi connectivity index (χ2v) is 4.33. The van der Waals surface area contributed by atoms with E-state index in [9.17, 15) is 4.79 Å². The summed E-state index contributed by atoms with van der Waals surface area (Å²) in [5.74, 6) is 1.46. The maximum atomic E-state index is 11.8. The summed E-state index contributed by atoms with van der Waals surface area (Å²) in [5, 5.41) is 2.88. The van der Waals surface area contributed by atoms with E-state index in [1.807, 2.05) is 48.5 Å². The van der Waals surface area contributed by atoms with Gasteiger partial charge in [0.2, 0.25) is 0 Å². The number of amides is 1. The van der Waals surface area contributed by atoms with Crippen LogP contribution in [0.2, 0.25) is 0 Å². The molecule has 3 nitrogen and oxygen atoms in total. The summed E-state index contributed by atoms with van der Waals surface area (Å²) in [7, 11) is 0. The number of para-hydroxylation sites is 1. The molecule has 1 N–H and O–H groups in total. The molecule has 2 aromatic carbocycles. The third-order valence-electron chi connectivity index (χ3n) is 3.23. The average Bonchev–Trinajstić information content (AvgIpc) is 2.61. The van der Waals surface area contributed by atoms with E-state index in [4.69, 9.17) is 4.74 Å². The average molecular weight is 235 g/mol. The van der Waals surface area contributed by atoms with Crippen molar-refractivity contribution in [3.63, 3.8) is 0 Å². The predicted molar refractivity (Wildman–Crippen MR) is 68.3 cm³/mol. The molecule has 0 bridgehead atoms. The number of rotatable bonds is 0. The Morgan fingerprint density at radius 1 is 0.944 bits per heavy atom. The topological polar surface area (TPSA) is 38.3 Å². The molecular weight excluding hydrogens is 226 g/mol. The monoisotopic (exact) mass is 235 g/mol. The van der Waals surface area contributed by atoms with Gasteiger partial charge in [0.1, 0.15) is 11.5 Å². The third-order valence-corrected chi connectivity index (χ3v) is 3.23. The highest BCUT2D eigenvalue weighted by atomic mass is 16.5. The molecular formula is C15H9NO2. The van der Waals surface area contributed by atoms with Gasteiger partial charge in [-0.05, 0) is 24.3 Å². The fraction of sp³-hybridized carbons (Fsp3) is 0. The summed E-state index contributed by atoms with van der Waals surface area (Å²) < 4.78 is 5.90. The molecule has 0 aliphatic carbocycles. The van der Waals surface area contributed by atoms with E-state index in [1.54, 1.807) is 0 Å². The van der Waals surface area contributed by atoms with Gasteiger partial charge in [-0.25, -0.2) is 0 Å². The van der Waals surface area contributed by atoms with Crippen molar-refractivity contribution in [2.45, 2.75) is 0 Å². The lowest BCUT2D eigenvalue weighted by molar-refractivity contribution is 0.0981. The summed E-state index contributed by atoms with van der Waals surface area (Å²) in [4.78, 5) is 11.8. The van der Waals surface area contributed by atoms with Gasteiger partial charge in [0.25, 0.3) is 5.91 Å². The number of carbonyl (C=O) groups excluding carboxylic acids is 1. The predicted octanol–water partition coefficient (Wildman–Crippen LogP) is 3.03. The number of benzene rings is 2. The van der Waals surface area contributed by atoms with Crippen LogP contribution in [0, 0.1) is 0 Å². The van der Waals surface area contributed by atoms with Crippen molar-refractivity contribution in [2.24, 2.45) is 0 Å². The second kappa shape index (κ2) is 3.23. The first-order valence-electron chi connectivity index (χ1n) is 5.76. The van der Waals surface area contributed by atoms with E-state index in [0.29, 0.717) is 5.56 Å². The molecule has 0 saturated heterocycles. The zero-order valence-electron chi connectivity index (χ0n) is 9.44. The molecule has 2 aromatic rings. The zero-order valence-corrected chi connectivity index (χ0v) is 9.44. The van der Waals surface area contributed by atoms with Crippen LogP contribution in [0.15, 0.2) is 42.5 Å². The van der Waals surface area contributed by atoms with Gasteiger partial charge in [-0.3, -0.25) is 4.79 Å². The van der Waals surface area contributed by atoms with Gasteiger partial charge in [0.05, 0.1) is 16.8 Å². The standard InChI is InChI=1S/C15H9NO2/c17-15-10-5-3-7-13-14(10)11(16-15)8-9-4-1-2-6-12(9)18-13/h1-8H,(H,16,17). The highest BCUT2D eigenvalue weighted by Crippen LogP contribution is 2.41. The zero-order chi connectivity index (χ0) is 12.1. The highest BCUT2D eigenvalue weighted by Gasteiger charge is 2.29. The number of nitrogens with one attached hydrogen (secondary N) is 1. The van der Waals surface area contributed by atoms with E-state index >= 15 is 0 Å². The van der Waals surface area contributed by atoms with Gasteiger partial charge in [-0.2, -0.15) is 0 Å². The van der Waals surface area contributed by atoms with Gasteiger partial charge >= 0.3 is 0 Å². The Labute approximate surface area is 104 Å². The Kier molecular flexibility index (Phi) is 1.70. The molecule has 0 unspecified atom stereocenters. The van der Waals surface area contributed by atoms with Crippen molar-refractivity contribution >= 4 is 17.7 Å². The molecule has 1 amide bonds. The molecule has 4 rings (SSSR count). The van der Waals surface area contributed by atoms with Crippen LogP contribution in [0.5, 0.6) is 11.5 Å². The van der Waals surface area contributed by atoms with Crippen LogP contribution in [0.3, 0.4) is 0 Å². The molecule has 2 aliphatic heterocycles. The van der Waals surface area contributed by atoms with E-state index < -0.39 is 0 Å². The van der Waals surface area contributed by atoms with Gasteiger partial charge in [-0.15, -0.1) is 0 Å². The molecule has 0 spiro atoms. The van der Waals surface area contributed by atoms with Crippen LogP contribution in [0.1, 0.15) is 21.5 Å². The molecule has 86 valence electrons. The van der Waals surface area contributed by atoms with Gasteiger partial charge in [-0.1, -0.05) is 24.3 Å². The molecule has 2 heterocycles. The SMILES string of the molecule is O=C1NC2=Cc3ccccc3Oc3cccc1c32. The van der Waals surface area contributed by atoms with Crippen molar-refractivity contribution in [1.82, 2.24) is 5.32 Å². The second-order valence-electron chi connectivity index (χ2n) is 4.33. The molecule has 0 atom stereocenters. The van der Waals surface area contributed by atoms with Crippen LogP contribution in [0.4, 0.5) is 0 Å². The number of ether oxygens (including phenoxy) is 1. The maximum absolute atomic E-state index is 11.8. The van der Waals surface area contributed by atoms with Crippen molar-refractivity contribution in [1.29, 1.82) is 0 Å². The Morgan fingerprint density at radius 3 is 2.72 bits per heavy atom. The third kappa shape index (κ3) is 1.16. The van der Waals surface area contributed by atoms with Crippen molar-refractivity contribution in [2.75, 3.05) is 0 Å². The quantitative estimate of drug-likeness (QED) is 0.762. The van der Waals surface area contributed by atoms with Gasteiger partial charge in [0.15, 0.2) is 0 Å². The van der Waals surface area contributed by atoms with Crippen LogP contribution < -0.4 is 10.1 Å². The number of hydrogen-bond donors (Lipinski definition) is 1. The normalized spacial score (nSPS) is 14.9. The molecule has 3 heteroatoms. The summed E-state index contributed by atoms with van der Waals surface area (Å²) in [6.45, 7) is 0. The van der Waals surface area contributed by atoms with Crippen LogP contribution in [0.25, 0.3) is 11.8 Å². The van der Waals surface area contributed by atoms with Crippen LogP contribution in [-0.2, 0) is 0 Å². The van der Waals surface area contributed by atoms with Crippen LogP contribution >= 0.6 is 0 Å².